The molecule has 112 valence electrons. The Balaban J connectivity index is 1.82. The van der Waals surface area contributed by atoms with Crippen molar-refractivity contribution in [2.75, 3.05) is 0 Å². The van der Waals surface area contributed by atoms with E-state index < -0.39 is 0 Å². The van der Waals surface area contributed by atoms with Gasteiger partial charge in [-0.1, -0.05) is 55.1 Å². The van der Waals surface area contributed by atoms with Gasteiger partial charge in [-0.2, -0.15) is 0 Å². The predicted octanol–water partition coefficient (Wildman–Crippen LogP) is 4.50. The molecule has 3 aromatic carbocycles. The summed E-state index contributed by atoms with van der Waals surface area (Å²) in [4.78, 5) is 25.7. The molecular weight excluding hydrogens is 296 g/mol. The molecule has 0 aromatic heterocycles. The van der Waals surface area contributed by atoms with Crippen molar-refractivity contribution in [1.29, 1.82) is 0 Å². The van der Waals surface area contributed by atoms with E-state index in [0.717, 1.165) is 27.8 Å². The molecule has 0 bridgehead atoms. The van der Waals surface area contributed by atoms with Crippen molar-refractivity contribution >= 4 is 17.1 Å². The first kappa shape index (κ1) is 13.2. The second-order valence-electron chi connectivity index (χ2n) is 6.17. The van der Waals surface area contributed by atoms with Gasteiger partial charge in [-0.05, 0) is 40.0 Å². The van der Waals surface area contributed by atoms with Gasteiger partial charge in [0, 0.05) is 22.3 Å². The Bertz CT molecular complexity index is 1100. The van der Waals surface area contributed by atoms with Gasteiger partial charge in [0.05, 0.1) is 0 Å². The molecule has 2 aliphatic carbocycles. The van der Waals surface area contributed by atoms with Gasteiger partial charge < -0.3 is 0 Å². The van der Waals surface area contributed by atoms with E-state index in [1.165, 1.54) is 0 Å². The summed E-state index contributed by atoms with van der Waals surface area (Å²) in [5.74, 6) is -0.176. The van der Waals surface area contributed by atoms with Crippen molar-refractivity contribution in [1.82, 2.24) is 0 Å². The second kappa shape index (κ2) is 4.39. The summed E-state index contributed by atoms with van der Waals surface area (Å²) in [5, 5.41) is 0. The highest BCUT2D eigenvalue weighted by Crippen LogP contribution is 2.45. The topological polar surface area (TPSA) is 34.1 Å². The number of fused-ring (bicyclic) bond motifs is 5. The largest absolute Gasteiger partial charge is 0.289 e. The van der Waals surface area contributed by atoms with E-state index in [4.69, 9.17) is 0 Å². The van der Waals surface area contributed by atoms with Crippen LogP contribution in [-0.4, -0.2) is 11.6 Å². The lowest BCUT2D eigenvalue weighted by Crippen LogP contribution is -2.21. The highest BCUT2D eigenvalue weighted by atomic mass is 16.1. The molecule has 0 heterocycles. The van der Waals surface area contributed by atoms with Gasteiger partial charge in [-0.25, -0.2) is 0 Å². The predicted molar refractivity (Wildman–Crippen MR) is 93.3 cm³/mol. The zero-order chi connectivity index (χ0) is 16.4. The number of ketones is 2. The van der Waals surface area contributed by atoms with Gasteiger partial charge in [0.1, 0.15) is 0 Å². The van der Waals surface area contributed by atoms with Gasteiger partial charge in [0.2, 0.25) is 0 Å². The number of carbonyl (C=O) groups is 2. The lowest BCUT2D eigenvalue weighted by atomic mass is 9.82. The van der Waals surface area contributed by atoms with E-state index in [-0.39, 0.29) is 11.6 Å². The third-order valence-electron chi connectivity index (χ3n) is 4.93. The minimum Gasteiger partial charge on any atom is -0.289 e. The number of benzene rings is 3. The first-order valence-corrected chi connectivity index (χ1v) is 7.82. The zero-order valence-corrected chi connectivity index (χ0v) is 12.8. The van der Waals surface area contributed by atoms with Crippen molar-refractivity contribution < 1.29 is 9.59 Å². The van der Waals surface area contributed by atoms with Crippen LogP contribution < -0.4 is 0 Å². The molecule has 2 nitrogen and oxygen atoms in total. The first-order chi connectivity index (χ1) is 11.7. The molecule has 0 radical (unpaired) electrons. The standard InChI is InChI=1S/C22H12O2/c1-12-13-6-2-3-7-14(13)18-11-20-19(10-17(12)18)21(23)15-8-4-5-9-16(15)22(20)24/h2-11H,1H2. The average Bonchev–Trinajstić information content (AvgIpc) is 2.91. The molecule has 0 N–H and O–H groups in total. The van der Waals surface area contributed by atoms with Crippen LogP contribution in [0.4, 0.5) is 0 Å². The minimum atomic E-state index is -0.0910. The van der Waals surface area contributed by atoms with Crippen LogP contribution in [-0.2, 0) is 0 Å². The fourth-order valence-corrected chi connectivity index (χ4v) is 3.74. The highest BCUT2D eigenvalue weighted by Gasteiger charge is 2.33. The third-order valence-corrected chi connectivity index (χ3v) is 4.93. The molecule has 0 unspecified atom stereocenters. The molecule has 0 atom stereocenters. The van der Waals surface area contributed by atoms with E-state index in [2.05, 4.69) is 6.58 Å². The van der Waals surface area contributed by atoms with Gasteiger partial charge >= 0.3 is 0 Å². The van der Waals surface area contributed by atoms with Crippen molar-refractivity contribution in [2.45, 2.75) is 0 Å². The van der Waals surface area contributed by atoms with Crippen molar-refractivity contribution in [3.05, 3.63) is 101 Å². The molecule has 0 spiro atoms. The molecule has 0 aliphatic heterocycles. The molecule has 0 fully saturated rings. The Morgan fingerprint density at radius 1 is 0.500 bits per heavy atom. The van der Waals surface area contributed by atoms with Gasteiger partial charge in [-0.15, -0.1) is 0 Å². The highest BCUT2D eigenvalue weighted by molar-refractivity contribution is 6.29. The molecular formula is C22H12O2. The first-order valence-electron chi connectivity index (χ1n) is 7.82. The summed E-state index contributed by atoms with van der Waals surface area (Å²) in [7, 11) is 0. The molecule has 2 heteroatoms. The van der Waals surface area contributed by atoms with Crippen LogP contribution >= 0.6 is 0 Å². The Morgan fingerprint density at radius 2 is 0.958 bits per heavy atom. The van der Waals surface area contributed by atoms with Crippen LogP contribution in [0.25, 0.3) is 16.7 Å². The Morgan fingerprint density at radius 3 is 1.54 bits per heavy atom. The van der Waals surface area contributed by atoms with Crippen LogP contribution in [0.5, 0.6) is 0 Å². The Hall–Kier alpha value is -3.26. The maximum Gasteiger partial charge on any atom is 0.194 e. The van der Waals surface area contributed by atoms with E-state index in [0.29, 0.717) is 22.3 Å². The van der Waals surface area contributed by atoms with Crippen molar-refractivity contribution in [3.8, 4) is 11.1 Å². The summed E-state index contributed by atoms with van der Waals surface area (Å²) < 4.78 is 0. The smallest absolute Gasteiger partial charge is 0.194 e. The van der Waals surface area contributed by atoms with Crippen LogP contribution in [0.15, 0.2) is 67.2 Å². The molecule has 3 aromatic rings. The summed E-state index contributed by atoms with van der Waals surface area (Å²) in [6, 6.07) is 18.7. The van der Waals surface area contributed by atoms with Crippen LogP contribution in [0, 0.1) is 0 Å². The lowest BCUT2D eigenvalue weighted by Gasteiger charge is -2.18. The monoisotopic (exact) mass is 308 g/mol. The maximum atomic E-state index is 12.9. The molecule has 5 rings (SSSR count). The number of hydrogen-bond acceptors (Lipinski definition) is 2. The Kier molecular flexibility index (Phi) is 2.42. The fourth-order valence-electron chi connectivity index (χ4n) is 3.74. The third kappa shape index (κ3) is 1.50. The minimum absolute atomic E-state index is 0.0852. The summed E-state index contributed by atoms with van der Waals surface area (Å²) in [5.41, 5.74) is 6.89. The number of hydrogen-bond donors (Lipinski definition) is 0. The summed E-state index contributed by atoms with van der Waals surface area (Å²) in [6.45, 7) is 4.18. The van der Waals surface area contributed by atoms with Crippen molar-refractivity contribution in [2.24, 2.45) is 0 Å². The van der Waals surface area contributed by atoms with Crippen LogP contribution in [0.3, 0.4) is 0 Å². The van der Waals surface area contributed by atoms with E-state index in [9.17, 15) is 9.59 Å². The SMILES string of the molecule is C=C1c2ccccc2-c2cc3c(cc21)C(=O)c1ccccc1C3=O. The summed E-state index contributed by atoms with van der Waals surface area (Å²) >= 11 is 0. The Labute approximate surface area is 139 Å². The lowest BCUT2D eigenvalue weighted by molar-refractivity contribution is 0.0979. The molecule has 2 aliphatic rings. The molecule has 0 amide bonds. The van der Waals surface area contributed by atoms with Crippen molar-refractivity contribution in [3.63, 3.8) is 0 Å². The quantitative estimate of drug-likeness (QED) is 0.422. The maximum absolute atomic E-state index is 12.9. The number of carbonyl (C=O) groups excluding carboxylic acids is 2. The van der Waals surface area contributed by atoms with Gasteiger partial charge in [0.15, 0.2) is 11.6 Å². The van der Waals surface area contributed by atoms with Crippen LogP contribution in [0.2, 0.25) is 0 Å². The van der Waals surface area contributed by atoms with Crippen LogP contribution in [0.1, 0.15) is 43.0 Å². The second-order valence-corrected chi connectivity index (χ2v) is 6.17. The van der Waals surface area contributed by atoms with E-state index in [1.54, 1.807) is 24.3 Å². The van der Waals surface area contributed by atoms with E-state index in [1.807, 2.05) is 36.4 Å². The normalized spacial score (nSPS) is 14.1. The van der Waals surface area contributed by atoms with Gasteiger partial charge in [-0.3, -0.25) is 9.59 Å². The zero-order valence-electron chi connectivity index (χ0n) is 12.8. The van der Waals surface area contributed by atoms with E-state index >= 15 is 0 Å². The fraction of sp³-hybridized carbons (Fsp3) is 0. The molecule has 24 heavy (non-hydrogen) atoms. The summed E-state index contributed by atoms with van der Waals surface area (Å²) in [6.07, 6.45) is 0. The molecule has 0 saturated carbocycles. The number of rotatable bonds is 0. The average molecular weight is 308 g/mol. The molecule has 0 saturated heterocycles. The van der Waals surface area contributed by atoms with Gasteiger partial charge in [0.25, 0.3) is 0 Å².